The van der Waals surface area contributed by atoms with Gasteiger partial charge in [0.1, 0.15) is 11.5 Å². The van der Waals surface area contributed by atoms with Gasteiger partial charge in [-0.3, -0.25) is 0 Å². The van der Waals surface area contributed by atoms with Crippen molar-refractivity contribution < 1.29 is 10.2 Å². The number of thioether (sulfide) groups is 2. The Labute approximate surface area is 103 Å². The lowest BCUT2D eigenvalue weighted by molar-refractivity contribution is 0.445. The summed E-state index contributed by atoms with van der Waals surface area (Å²) in [4.78, 5) is 1.48. The summed E-state index contributed by atoms with van der Waals surface area (Å²) >= 11 is 2.89. The predicted molar refractivity (Wildman–Crippen MR) is 70.8 cm³/mol. The predicted octanol–water partition coefficient (Wildman–Crippen LogP) is 3.69. The van der Waals surface area contributed by atoms with E-state index in [0.29, 0.717) is 10.8 Å². The molecule has 0 amide bonds. The Hall–Kier alpha value is -1.00. The summed E-state index contributed by atoms with van der Waals surface area (Å²) in [6.07, 6.45) is 3.78. The van der Waals surface area contributed by atoms with Gasteiger partial charge in [-0.15, -0.1) is 23.5 Å². The molecule has 0 aliphatic carbocycles. The van der Waals surface area contributed by atoms with Crippen LogP contribution in [0.5, 0.6) is 11.5 Å². The Kier molecular flexibility index (Phi) is 3.21. The molecule has 2 N–H and O–H groups in total. The molecule has 2 aromatic rings. The summed E-state index contributed by atoms with van der Waals surface area (Å²) in [5, 5.41) is 21.7. The normalized spacial score (nSPS) is 10.9. The topological polar surface area (TPSA) is 40.5 Å². The molecule has 0 saturated carbocycles. The van der Waals surface area contributed by atoms with Crippen LogP contribution in [0.2, 0.25) is 0 Å². The molecule has 0 aromatic heterocycles. The zero-order valence-corrected chi connectivity index (χ0v) is 10.7. The van der Waals surface area contributed by atoms with E-state index in [1.54, 1.807) is 0 Å². The molecule has 2 aromatic carbocycles. The average Bonchev–Trinajstić information content (AvgIpc) is 2.33. The fraction of sp³-hybridized carbons (Fsp3) is 0.167. The van der Waals surface area contributed by atoms with Crippen LogP contribution in [0, 0.1) is 0 Å². The molecular weight excluding hydrogens is 240 g/mol. The quantitative estimate of drug-likeness (QED) is 0.631. The highest BCUT2D eigenvalue weighted by Crippen LogP contribution is 2.47. The van der Waals surface area contributed by atoms with Crippen molar-refractivity contribution in [1.82, 2.24) is 0 Å². The highest BCUT2D eigenvalue weighted by Gasteiger charge is 2.17. The van der Waals surface area contributed by atoms with Crippen molar-refractivity contribution >= 4 is 34.3 Å². The van der Waals surface area contributed by atoms with Crippen molar-refractivity contribution in [2.75, 3.05) is 12.5 Å². The van der Waals surface area contributed by atoms with Crippen LogP contribution < -0.4 is 0 Å². The molecule has 2 nitrogen and oxygen atoms in total. The number of hydrogen-bond donors (Lipinski definition) is 2. The Balaban J connectivity index is 2.93. The third-order valence-corrected chi connectivity index (χ3v) is 4.22. The maximum Gasteiger partial charge on any atom is 0.138 e. The first-order valence-electron chi connectivity index (χ1n) is 4.75. The third kappa shape index (κ3) is 1.62. The van der Waals surface area contributed by atoms with Gasteiger partial charge in [0.15, 0.2) is 0 Å². The molecule has 0 fully saturated rings. The van der Waals surface area contributed by atoms with Gasteiger partial charge in [-0.2, -0.15) is 0 Å². The van der Waals surface area contributed by atoms with Crippen molar-refractivity contribution in [3.8, 4) is 11.5 Å². The number of hydrogen-bond acceptors (Lipinski definition) is 4. The first kappa shape index (κ1) is 11.5. The highest BCUT2D eigenvalue weighted by atomic mass is 32.2. The van der Waals surface area contributed by atoms with Crippen molar-refractivity contribution in [2.24, 2.45) is 0 Å². The first-order valence-corrected chi connectivity index (χ1v) is 7.20. The second kappa shape index (κ2) is 4.47. The van der Waals surface area contributed by atoms with Crippen LogP contribution in [-0.4, -0.2) is 22.7 Å². The molecule has 0 saturated heterocycles. The van der Waals surface area contributed by atoms with Gasteiger partial charge in [0.25, 0.3) is 0 Å². The molecule has 0 atom stereocenters. The summed E-state index contributed by atoms with van der Waals surface area (Å²) in [7, 11) is 0. The second-order valence-corrected chi connectivity index (χ2v) is 4.94. The SMILES string of the molecule is CSc1c(SC)c(O)c2ccccc2c1O. The lowest BCUT2D eigenvalue weighted by Crippen LogP contribution is -1.84. The largest absolute Gasteiger partial charge is 0.506 e. The molecule has 16 heavy (non-hydrogen) atoms. The lowest BCUT2D eigenvalue weighted by Gasteiger charge is -2.13. The molecule has 4 heteroatoms. The molecular formula is C12H12O2S2. The minimum absolute atomic E-state index is 0.255. The average molecular weight is 252 g/mol. The van der Waals surface area contributed by atoms with Crippen LogP contribution in [0.15, 0.2) is 34.1 Å². The van der Waals surface area contributed by atoms with Crippen LogP contribution in [0.3, 0.4) is 0 Å². The first-order chi connectivity index (χ1) is 7.70. The second-order valence-electron chi connectivity index (χ2n) is 3.31. The van der Waals surface area contributed by atoms with E-state index in [1.807, 2.05) is 36.8 Å². The van der Waals surface area contributed by atoms with Gasteiger partial charge in [0.2, 0.25) is 0 Å². The zero-order chi connectivity index (χ0) is 11.7. The zero-order valence-electron chi connectivity index (χ0n) is 9.02. The number of phenols is 2. The highest BCUT2D eigenvalue weighted by molar-refractivity contribution is 8.01. The minimum atomic E-state index is 0.255. The van der Waals surface area contributed by atoms with Gasteiger partial charge >= 0.3 is 0 Å². The van der Waals surface area contributed by atoms with Crippen molar-refractivity contribution in [3.63, 3.8) is 0 Å². The van der Waals surface area contributed by atoms with Crippen molar-refractivity contribution in [1.29, 1.82) is 0 Å². The van der Waals surface area contributed by atoms with E-state index in [1.165, 1.54) is 23.5 Å². The maximum atomic E-state index is 10.1. The monoisotopic (exact) mass is 252 g/mol. The Morgan fingerprint density at radius 1 is 0.812 bits per heavy atom. The number of fused-ring (bicyclic) bond motifs is 1. The Bertz CT molecular complexity index is 490. The minimum Gasteiger partial charge on any atom is -0.506 e. The van der Waals surface area contributed by atoms with Gasteiger partial charge in [-0.1, -0.05) is 24.3 Å². The van der Waals surface area contributed by atoms with Gasteiger partial charge in [-0.05, 0) is 12.5 Å². The molecule has 0 bridgehead atoms. The number of benzene rings is 2. The standard InChI is InChI=1S/C12H12O2S2/c1-15-11-9(13)7-5-3-4-6-8(7)10(14)12(11)16-2/h3-6,13-14H,1-2H3. The third-order valence-electron chi connectivity index (χ3n) is 2.48. The molecule has 0 heterocycles. The van der Waals surface area contributed by atoms with Gasteiger partial charge in [0, 0.05) is 10.8 Å². The molecule has 0 aliphatic heterocycles. The summed E-state index contributed by atoms with van der Waals surface area (Å²) in [6, 6.07) is 7.33. The van der Waals surface area contributed by atoms with E-state index < -0.39 is 0 Å². The molecule has 0 spiro atoms. The summed E-state index contributed by atoms with van der Waals surface area (Å²) in [5.41, 5.74) is 0. The molecule has 84 valence electrons. The van der Waals surface area contributed by atoms with E-state index in [0.717, 1.165) is 9.79 Å². The number of rotatable bonds is 2. The van der Waals surface area contributed by atoms with E-state index in [2.05, 4.69) is 0 Å². The molecule has 0 aliphatic rings. The fourth-order valence-corrected chi connectivity index (χ4v) is 3.41. The summed E-state index contributed by atoms with van der Waals surface area (Å²) in [6.45, 7) is 0. The van der Waals surface area contributed by atoms with E-state index in [4.69, 9.17) is 0 Å². The van der Waals surface area contributed by atoms with Crippen molar-refractivity contribution in [2.45, 2.75) is 9.79 Å². The van der Waals surface area contributed by atoms with Gasteiger partial charge in [0.05, 0.1) is 9.79 Å². The van der Waals surface area contributed by atoms with Crippen LogP contribution in [0.1, 0.15) is 0 Å². The van der Waals surface area contributed by atoms with Crippen LogP contribution in [-0.2, 0) is 0 Å². The smallest absolute Gasteiger partial charge is 0.138 e. The number of phenolic OH excluding ortho intramolecular Hbond substituents is 2. The molecule has 2 rings (SSSR count). The lowest BCUT2D eigenvalue weighted by atomic mass is 10.1. The van der Waals surface area contributed by atoms with Gasteiger partial charge in [-0.25, -0.2) is 0 Å². The maximum absolute atomic E-state index is 10.1. The van der Waals surface area contributed by atoms with Gasteiger partial charge < -0.3 is 10.2 Å². The summed E-state index contributed by atoms with van der Waals surface area (Å²) < 4.78 is 0. The van der Waals surface area contributed by atoms with E-state index in [9.17, 15) is 10.2 Å². The van der Waals surface area contributed by atoms with Crippen LogP contribution in [0.4, 0.5) is 0 Å². The number of aromatic hydroxyl groups is 2. The van der Waals surface area contributed by atoms with E-state index in [-0.39, 0.29) is 11.5 Å². The molecule has 0 radical (unpaired) electrons. The molecule has 0 unspecified atom stereocenters. The fourth-order valence-electron chi connectivity index (χ4n) is 1.73. The Morgan fingerprint density at radius 3 is 1.50 bits per heavy atom. The van der Waals surface area contributed by atoms with E-state index >= 15 is 0 Å². The van der Waals surface area contributed by atoms with Crippen molar-refractivity contribution in [3.05, 3.63) is 24.3 Å². The summed E-state index contributed by atoms with van der Waals surface area (Å²) in [5.74, 6) is 0.510. The van der Waals surface area contributed by atoms with Crippen LogP contribution in [0.25, 0.3) is 10.8 Å². The van der Waals surface area contributed by atoms with Crippen LogP contribution >= 0.6 is 23.5 Å². The Morgan fingerprint density at radius 2 is 1.19 bits per heavy atom.